The molecule has 1 N–H and O–H groups in total. The summed E-state index contributed by atoms with van der Waals surface area (Å²) in [5, 5.41) is 11.0. The van der Waals surface area contributed by atoms with E-state index in [1.807, 2.05) is 14.0 Å². The quantitative estimate of drug-likeness (QED) is 0.0488. The van der Waals surface area contributed by atoms with Crippen LogP contribution in [-0.4, -0.2) is 30.2 Å². The SMILES string of the molecule is CCCCCCCCCCCCCCCCCCCCCC(C(=O)CC)C(O)CCCCCCCCCCCCCCCCCCC/C=C/CCCCCCCCCCCCCCCCCC(OC)C(C)CCCCCCCCCCCCCCCCCCC. The molecule has 4 atom stereocenters. The summed E-state index contributed by atoms with van der Waals surface area (Å²) in [7, 11) is 1.96. The average Bonchev–Trinajstić information content (AvgIpc) is 3.76. The molecule has 4 unspecified atom stereocenters. The molecule has 538 valence electrons. The second kappa shape index (κ2) is 79.0. The van der Waals surface area contributed by atoms with E-state index in [1.54, 1.807) is 0 Å². The van der Waals surface area contributed by atoms with Crippen molar-refractivity contribution in [2.24, 2.45) is 11.8 Å². The molecule has 0 aromatic carbocycles. The van der Waals surface area contributed by atoms with Crippen LogP contribution in [0, 0.1) is 11.8 Å². The van der Waals surface area contributed by atoms with Gasteiger partial charge in [0.25, 0.3) is 0 Å². The van der Waals surface area contributed by atoms with E-state index in [1.165, 1.54) is 449 Å². The Balaban J connectivity index is 3.43. The van der Waals surface area contributed by atoms with Crippen LogP contribution in [0.25, 0.3) is 0 Å². The van der Waals surface area contributed by atoms with E-state index in [9.17, 15) is 9.90 Å². The highest BCUT2D eigenvalue weighted by atomic mass is 16.5. The fourth-order valence-electron chi connectivity index (χ4n) is 14.9. The third-order valence-corrected chi connectivity index (χ3v) is 21.4. The van der Waals surface area contributed by atoms with Crippen LogP contribution in [0.1, 0.15) is 509 Å². The number of aliphatic hydroxyl groups is 1. The number of unbranched alkanes of at least 4 members (excludes halogenated alkanes) is 66. The molecule has 0 saturated carbocycles. The van der Waals surface area contributed by atoms with Crippen molar-refractivity contribution in [3.8, 4) is 0 Å². The Morgan fingerprint density at radius 2 is 0.478 bits per heavy atom. The minimum atomic E-state index is -0.430. The molecule has 0 radical (unpaired) electrons. The van der Waals surface area contributed by atoms with Crippen LogP contribution < -0.4 is 0 Å². The summed E-state index contributed by atoms with van der Waals surface area (Å²) in [5.74, 6) is 0.872. The number of hydrogen-bond acceptors (Lipinski definition) is 3. The van der Waals surface area contributed by atoms with Crippen molar-refractivity contribution >= 4 is 5.78 Å². The largest absolute Gasteiger partial charge is 0.392 e. The monoisotopic (exact) mass is 1270 g/mol. The standard InChI is InChI=1S/C87H172O3/c1-6-9-11-13-15-17-19-21-23-25-44-48-52-56-60-64-68-72-76-80-84(85(88)8-3)86(89)81-77-73-69-65-61-57-53-49-45-42-40-38-36-34-32-30-28-26-27-29-31-33-35-37-39-41-43-46-50-54-58-62-66-70-74-78-82-87(90-5)83(4)79-75-71-67-63-59-55-51-47-24-22-20-18-16-14-12-10-7-2/h27,29,83-84,86-87,89H,6-26,28,30-82H2,1-5H3/b29-27+. The molecule has 0 aromatic heterocycles. The highest BCUT2D eigenvalue weighted by molar-refractivity contribution is 5.81. The number of methoxy groups -OCH3 is 1. The van der Waals surface area contributed by atoms with Gasteiger partial charge in [0.15, 0.2) is 0 Å². The predicted octanol–water partition coefficient (Wildman–Crippen LogP) is 31.1. The second-order valence-electron chi connectivity index (χ2n) is 30.3. The Kier molecular flexibility index (Phi) is 78.4. The van der Waals surface area contributed by atoms with Gasteiger partial charge >= 0.3 is 0 Å². The van der Waals surface area contributed by atoms with E-state index in [0.717, 1.165) is 25.7 Å². The summed E-state index contributed by atoms with van der Waals surface area (Å²) in [5.41, 5.74) is 0. The smallest absolute Gasteiger partial charge is 0.138 e. The third-order valence-electron chi connectivity index (χ3n) is 21.4. The lowest BCUT2D eigenvalue weighted by molar-refractivity contribution is -0.126. The molecule has 0 bridgehead atoms. The van der Waals surface area contributed by atoms with Crippen molar-refractivity contribution in [3.05, 3.63) is 12.2 Å². The van der Waals surface area contributed by atoms with E-state index < -0.39 is 6.10 Å². The first-order valence-corrected chi connectivity index (χ1v) is 42.9. The maximum absolute atomic E-state index is 12.8. The number of hydrogen-bond donors (Lipinski definition) is 1. The first-order valence-electron chi connectivity index (χ1n) is 42.9. The number of rotatable bonds is 81. The van der Waals surface area contributed by atoms with Crippen molar-refractivity contribution in [3.63, 3.8) is 0 Å². The minimum Gasteiger partial charge on any atom is -0.392 e. The van der Waals surface area contributed by atoms with Gasteiger partial charge in [-0.15, -0.1) is 0 Å². The van der Waals surface area contributed by atoms with E-state index >= 15 is 0 Å². The molecule has 0 amide bonds. The number of carbonyl (C=O) groups excluding carboxylic acids is 1. The van der Waals surface area contributed by atoms with E-state index in [-0.39, 0.29) is 11.7 Å². The fraction of sp³-hybridized carbons (Fsp3) is 0.966. The highest BCUT2D eigenvalue weighted by Crippen LogP contribution is 2.26. The Hall–Kier alpha value is -0.670. The molecular weight excluding hydrogens is 1090 g/mol. The summed E-state index contributed by atoms with van der Waals surface area (Å²) in [4.78, 5) is 12.8. The van der Waals surface area contributed by atoms with E-state index in [2.05, 4.69) is 32.9 Å². The van der Waals surface area contributed by atoms with Gasteiger partial charge in [-0.1, -0.05) is 464 Å². The van der Waals surface area contributed by atoms with Gasteiger partial charge in [-0.25, -0.2) is 0 Å². The van der Waals surface area contributed by atoms with Gasteiger partial charge in [-0.05, 0) is 57.3 Å². The number of allylic oxidation sites excluding steroid dienone is 2. The molecule has 0 rings (SSSR count). The second-order valence-corrected chi connectivity index (χ2v) is 30.3. The topological polar surface area (TPSA) is 46.5 Å². The third kappa shape index (κ3) is 70.1. The predicted molar refractivity (Wildman–Crippen MR) is 407 cm³/mol. The van der Waals surface area contributed by atoms with Gasteiger partial charge < -0.3 is 9.84 Å². The van der Waals surface area contributed by atoms with E-state index in [0.29, 0.717) is 18.4 Å². The zero-order valence-corrected chi connectivity index (χ0v) is 63.3. The first-order chi connectivity index (χ1) is 44.5. The lowest BCUT2D eigenvalue weighted by atomic mass is 9.87. The summed E-state index contributed by atoms with van der Waals surface area (Å²) in [6, 6.07) is 0. The number of aliphatic hydroxyl groups excluding tert-OH is 1. The van der Waals surface area contributed by atoms with Gasteiger partial charge in [-0.2, -0.15) is 0 Å². The van der Waals surface area contributed by atoms with Crippen molar-refractivity contribution in [1.82, 2.24) is 0 Å². The van der Waals surface area contributed by atoms with Gasteiger partial charge in [0, 0.05) is 19.4 Å². The van der Waals surface area contributed by atoms with Gasteiger partial charge in [-0.3, -0.25) is 4.79 Å². The molecule has 3 heteroatoms. The Morgan fingerprint density at radius 1 is 0.278 bits per heavy atom. The zero-order valence-electron chi connectivity index (χ0n) is 63.3. The maximum Gasteiger partial charge on any atom is 0.138 e. The summed E-state index contributed by atoms with van der Waals surface area (Å²) >= 11 is 0. The Labute approximate surface area is 570 Å². The molecule has 0 fully saturated rings. The molecule has 3 nitrogen and oxygen atoms in total. The fourth-order valence-corrected chi connectivity index (χ4v) is 14.9. The van der Waals surface area contributed by atoms with Crippen LogP contribution in [0.3, 0.4) is 0 Å². The first kappa shape index (κ1) is 89.3. The molecule has 0 aliphatic heterocycles. The molecule has 0 saturated heterocycles. The Bertz CT molecular complexity index is 1320. The van der Waals surface area contributed by atoms with Crippen LogP contribution in [-0.2, 0) is 9.53 Å². The molecule has 0 aliphatic rings. The van der Waals surface area contributed by atoms with Crippen LogP contribution in [0.15, 0.2) is 12.2 Å². The highest BCUT2D eigenvalue weighted by Gasteiger charge is 2.24. The molecule has 0 aliphatic carbocycles. The van der Waals surface area contributed by atoms with Crippen molar-refractivity contribution in [1.29, 1.82) is 0 Å². The summed E-state index contributed by atoms with van der Waals surface area (Å²) in [6.07, 6.45) is 108. The van der Waals surface area contributed by atoms with E-state index in [4.69, 9.17) is 4.74 Å². The number of ketones is 1. The van der Waals surface area contributed by atoms with Gasteiger partial charge in [0.1, 0.15) is 5.78 Å². The lowest BCUT2D eigenvalue weighted by Gasteiger charge is -2.22. The van der Waals surface area contributed by atoms with Crippen LogP contribution in [0.2, 0.25) is 0 Å². The lowest BCUT2D eigenvalue weighted by Crippen LogP contribution is -2.28. The molecule has 0 spiro atoms. The number of ether oxygens (including phenoxy) is 1. The average molecular weight is 1270 g/mol. The maximum atomic E-state index is 12.8. The number of Topliss-reactive ketones (excluding diaryl/α,β-unsaturated/α-hetero) is 1. The van der Waals surface area contributed by atoms with Crippen LogP contribution >= 0.6 is 0 Å². The molecule has 0 aromatic rings. The van der Waals surface area contributed by atoms with Crippen molar-refractivity contribution in [2.45, 2.75) is 521 Å². The summed E-state index contributed by atoms with van der Waals surface area (Å²) in [6.45, 7) is 9.04. The molecular formula is C87H172O3. The Morgan fingerprint density at radius 3 is 0.711 bits per heavy atom. The molecule has 0 heterocycles. The van der Waals surface area contributed by atoms with Crippen molar-refractivity contribution < 1.29 is 14.6 Å². The van der Waals surface area contributed by atoms with Gasteiger partial charge in [0.05, 0.1) is 12.2 Å². The normalized spacial score (nSPS) is 13.3. The van der Waals surface area contributed by atoms with Crippen LogP contribution in [0.4, 0.5) is 0 Å². The van der Waals surface area contributed by atoms with Gasteiger partial charge in [0.2, 0.25) is 0 Å². The molecule has 90 heavy (non-hydrogen) atoms. The minimum absolute atomic E-state index is 0.126. The number of carbonyl (C=O) groups is 1. The van der Waals surface area contributed by atoms with Crippen molar-refractivity contribution in [2.75, 3.05) is 7.11 Å². The zero-order chi connectivity index (χ0) is 65.0. The van der Waals surface area contributed by atoms with Crippen LogP contribution in [0.5, 0.6) is 0 Å². The summed E-state index contributed by atoms with van der Waals surface area (Å²) < 4.78 is 5.98.